The largest absolute Gasteiger partial charge is 0.343 e. The van der Waals surface area contributed by atoms with Crippen molar-refractivity contribution in [3.05, 3.63) is 28.7 Å². The molecule has 1 fully saturated rings. The number of benzene rings is 1. The van der Waals surface area contributed by atoms with Crippen molar-refractivity contribution in [1.82, 2.24) is 9.62 Å². The number of sulfonamides is 1. The lowest BCUT2D eigenvalue weighted by atomic mass is 9.99. The lowest BCUT2D eigenvalue weighted by Crippen LogP contribution is -2.39. The Balaban J connectivity index is 1.84. The molecule has 7 heteroatoms. The standard InChI is InChI=1S/C15H21BrN2O3S/c1-12-6-9-18(10-7-12)15(19)5-8-17-22(20,21)14-4-2-3-13(16)11-14/h2-4,11-12,17H,5-10H2,1H3. The van der Waals surface area contributed by atoms with Gasteiger partial charge in [-0.05, 0) is 37.0 Å². The van der Waals surface area contributed by atoms with Crippen LogP contribution in [-0.2, 0) is 14.8 Å². The maximum Gasteiger partial charge on any atom is 0.240 e. The third kappa shape index (κ3) is 4.79. The Morgan fingerprint density at radius 2 is 2.05 bits per heavy atom. The Bertz CT molecular complexity index is 625. The first-order chi connectivity index (χ1) is 10.4. The normalized spacial score (nSPS) is 16.7. The summed E-state index contributed by atoms with van der Waals surface area (Å²) in [4.78, 5) is 14.1. The van der Waals surface area contributed by atoms with E-state index in [1.165, 1.54) is 12.1 Å². The van der Waals surface area contributed by atoms with Crippen molar-refractivity contribution >= 4 is 31.9 Å². The van der Waals surface area contributed by atoms with Gasteiger partial charge in [-0.1, -0.05) is 28.9 Å². The predicted molar refractivity (Wildman–Crippen MR) is 88.9 cm³/mol. The lowest BCUT2D eigenvalue weighted by molar-refractivity contribution is -0.132. The van der Waals surface area contributed by atoms with Crippen LogP contribution in [0.15, 0.2) is 33.6 Å². The molecule has 1 aromatic carbocycles. The Kier molecular flexibility index (Phi) is 6.00. The van der Waals surface area contributed by atoms with Crippen molar-refractivity contribution in [2.24, 2.45) is 5.92 Å². The van der Waals surface area contributed by atoms with E-state index in [4.69, 9.17) is 0 Å². The molecular weight excluding hydrogens is 368 g/mol. The summed E-state index contributed by atoms with van der Waals surface area (Å²) in [5.74, 6) is 0.683. The number of nitrogens with zero attached hydrogens (tertiary/aromatic N) is 1. The molecule has 1 heterocycles. The van der Waals surface area contributed by atoms with Crippen LogP contribution < -0.4 is 4.72 Å². The second-order valence-electron chi connectivity index (χ2n) is 5.67. The molecule has 1 N–H and O–H groups in total. The van der Waals surface area contributed by atoms with E-state index in [1.807, 2.05) is 4.90 Å². The van der Waals surface area contributed by atoms with E-state index in [2.05, 4.69) is 27.6 Å². The molecule has 5 nitrogen and oxygen atoms in total. The van der Waals surface area contributed by atoms with Crippen molar-refractivity contribution in [3.8, 4) is 0 Å². The van der Waals surface area contributed by atoms with Crippen LogP contribution in [0.4, 0.5) is 0 Å². The molecule has 0 bridgehead atoms. The second kappa shape index (κ2) is 7.57. The number of hydrogen-bond donors (Lipinski definition) is 1. The zero-order valence-electron chi connectivity index (χ0n) is 12.6. The summed E-state index contributed by atoms with van der Waals surface area (Å²) in [7, 11) is -3.57. The van der Waals surface area contributed by atoms with Gasteiger partial charge in [0, 0.05) is 30.5 Å². The van der Waals surface area contributed by atoms with Crippen LogP contribution in [0.25, 0.3) is 0 Å². The minimum absolute atomic E-state index is 0.0174. The van der Waals surface area contributed by atoms with Crippen LogP contribution in [0.2, 0.25) is 0 Å². The van der Waals surface area contributed by atoms with Gasteiger partial charge in [0.05, 0.1) is 4.90 Å². The fourth-order valence-corrected chi connectivity index (χ4v) is 4.05. The highest BCUT2D eigenvalue weighted by Gasteiger charge is 2.21. The number of piperidine rings is 1. The van der Waals surface area contributed by atoms with Crippen LogP contribution in [0.5, 0.6) is 0 Å². The molecule has 1 amide bonds. The van der Waals surface area contributed by atoms with E-state index in [9.17, 15) is 13.2 Å². The summed E-state index contributed by atoms with van der Waals surface area (Å²) in [6.07, 6.45) is 2.24. The first-order valence-corrected chi connectivity index (χ1v) is 9.69. The van der Waals surface area contributed by atoms with E-state index in [0.717, 1.165) is 25.9 Å². The Hall–Kier alpha value is -0.920. The average molecular weight is 389 g/mol. The van der Waals surface area contributed by atoms with E-state index in [0.29, 0.717) is 10.4 Å². The third-order valence-corrected chi connectivity index (χ3v) is 5.83. The fraction of sp³-hybridized carbons (Fsp3) is 0.533. The van der Waals surface area contributed by atoms with Gasteiger partial charge >= 0.3 is 0 Å². The van der Waals surface area contributed by atoms with Crippen molar-refractivity contribution in [3.63, 3.8) is 0 Å². The molecule has 2 rings (SSSR count). The SMILES string of the molecule is CC1CCN(C(=O)CCNS(=O)(=O)c2cccc(Br)c2)CC1. The average Bonchev–Trinajstić information content (AvgIpc) is 2.47. The molecule has 0 atom stereocenters. The molecule has 0 radical (unpaired) electrons. The summed E-state index contributed by atoms with van der Waals surface area (Å²) in [5, 5.41) is 0. The lowest BCUT2D eigenvalue weighted by Gasteiger charge is -2.30. The molecule has 0 aliphatic carbocycles. The zero-order chi connectivity index (χ0) is 16.2. The number of likely N-dealkylation sites (tertiary alicyclic amines) is 1. The van der Waals surface area contributed by atoms with Crippen molar-refractivity contribution in [1.29, 1.82) is 0 Å². The monoisotopic (exact) mass is 388 g/mol. The molecule has 122 valence electrons. The van der Waals surface area contributed by atoms with Gasteiger partial charge in [-0.25, -0.2) is 13.1 Å². The number of carbonyl (C=O) groups excluding carboxylic acids is 1. The summed E-state index contributed by atoms with van der Waals surface area (Å²) in [6.45, 7) is 3.87. The maximum atomic E-state index is 12.1. The molecule has 22 heavy (non-hydrogen) atoms. The Morgan fingerprint density at radius 3 is 2.68 bits per heavy atom. The fourth-order valence-electron chi connectivity index (χ4n) is 2.43. The number of amides is 1. The Labute approximate surface area is 140 Å². The van der Waals surface area contributed by atoms with Gasteiger partial charge in [-0.2, -0.15) is 0 Å². The number of rotatable bonds is 5. The van der Waals surface area contributed by atoms with Gasteiger partial charge in [0.15, 0.2) is 0 Å². The minimum Gasteiger partial charge on any atom is -0.343 e. The number of carbonyl (C=O) groups is 1. The third-order valence-electron chi connectivity index (χ3n) is 3.87. The molecule has 0 unspecified atom stereocenters. The smallest absolute Gasteiger partial charge is 0.240 e. The number of hydrogen-bond acceptors (Lipinski definition) is 3. The first kappa shape index (κ1) is 17.4. The summed E-state index contributed by atoms with van der Waals surface area (Å²) >= 11 is 3.25. The quantitative estimate of drug-likeness (QED) is 0.841. The molecule has 1 aliphatic rings. The molecule has 1 aromatic rings. The topological polar surface area (TPSA) is 66.5 Å². The van der Waals surface area contributed by atoms with Gasteiger partial charge in [-0.15, -0.1) is 0 Å². The van der Waals surface area contributed by atoms with Gasteiger partial charge in [-0.3, -0.25) is 4.79 Å². The molecule has 1 aliphatic heterocycles. The Morgan fingerprint density at radius 1 is 1.36 bits per heavy atom. The highest BCUT2D eigenvalue weighted by molar-refractivity contribution is 9.10. The highest BCUT2D eigenvalue weighted by Crippen LogP contribution is 2.17. The van der Waals surface area contributed by atoms with E-state index < -0.39 is 10.0 Å². The molecular formula is C15H21BrN2O3S. The van der Waals surface area contributed by atoms with Crippen LogP contribution in [0, 0.1) is 5.92 Å². The summed E-state index contributed by atoms with van der Waals surface area (Å²) in [6, 6.07) is 6.50. The zero-order valence-corrected chi connectivity index (χ0v) is 15.0. The van der Waals surface area contributed by atoms with Crippen molar-refractivity contribution in [2.75, 3.05) is 19.6 Å². The van der Waals surface area contributed by atoms with E-state index >= 15 is 0 Å². The summed E-state index contributed by atoms with van der Waals surface area (Å²) < 4.78 is 27.4. The first-order valence-electron chi connectivity index (χ1n) is 7.41. The van der Waals surface area contributed by atoms with E-state index in [1.54, 1.807) is 12.1 Å². The van der Waals surface area contributed by atoms with Crippen LogP contribution in [0.3, 0.4) is 0 Å². The second-order valence-corrected chi connectivity index (χ2v) is 8.35. The summed E-state index contributed by atoms with van der Waals surface area (Å²) in [5.41, 5.74) is 0. The molecule has 1 saturated heterocycles. The predicted octanol–water partition coefficient (Wildman–Crippen LogP) is 2.38. The number of nitrogens with one attached hydrogen (secondary N) is 1. The van der Waals surface area contributed by atoms with Crippen LogP contribution >= 0.6 is 15.9 Å². The molecule has 0 spiro atoms. The van der Waals surface area contributed by atoms with Gasteiger partial charge < -0.3 is 4.90 Å². The van der Waals surface area contributed by atoms with Crippen LogP contribution in [0.1, 0.15) is 26.2 Å². The maximum absolute atomic E-state index is 12.1. The molecule has 0 saturated carbocycles. The number of halogens is 1. The minimum atomic E-state index is -3.57. The van der Waals surface area contributed by atoms with Crippen molar-refractivity contribution in [2.45, 2.75) is 31.1 Å². The van der Waals surface area contributed by atoms with Gasteiger partial charge in [0.1, 0.15) is 0 Å². The van der Waals surface area contributed by atoms with Gasteiger partial charge in [0.25, 0.3) is 0 Å². The van der Waals surface area contributed by atoms with Crippen LogP contribution in [-0.4, -0.2) is 38.9 Å². The van der Waals surface area contributed by atoms with E-state index in [-0.39, 0.29) is 23.8 Å². The van der Waals surface area contributed by atoms with Crippen molar-refractivity contribution < 1.29 is 13.2 Å². The highest BCUT2D eigenvalue weighted by atomic mass is 79.9. The van der Waals surface area contributed by atoms with Gasteiger partial charge in [0.2, 0.25) is 15.9 Å². The molecule has 0 aromatic heterocycles.